The number of hydrogen-bond donors (Lipinski definition) is 0. The van der Waals surface area contributed by atoms with Crippen LogP contribution in [0.3, 0.4) is 0 Å². The molecule has 0 nitrogen and oxygen atoms in total. The fraction of sp³-hybridized carbons (Fsp3) is 0.0345. The zero-order chi connectivity index (χ0) is 19.4. The molecule has 0 atom stereocenters. The van der Waals surface area contributed by atoms with Crippen LogP contribution in [0.25, 0.3) is 54.6 Å². The summed E-state index contributed by atoms with van der Waals surface area (Å²) in [5, 5.41) is 8.00. The second-order valence-electron chi connectivity index (χ2n) is 7.88. The summed E-state index contributed by atoms with van der Waals surface area (Å²) in [5.74, 6) is 0. The Bertz CT molecular complexity index is 1490. The number of aryl methyl sites for hydroxylation is 1. The molecule has 0 aromatic heterocycles. The van der Waals surface area contributed by atoms with Crippen molar-refractivity contribution in [1.29, 1.82) is 0 Å². The van der Waals surface area contributed by atoms with Gasteiger partial charge in [-0.05, 0) is 61.5 Å². The average Bonchev–Trinajstić information content (AvgIpc) is 2.77. The molecule has 6 rings (SSSR count). The van der Waals surface area contributed by atoms with Crippen molar-refractivity contribution in [2.45, 2.75) is 6.92 Å². The summed E-state index contributed by atoms with van der Waals surface area (Å²) in [7, 11) is 0. The van der Waals surface area contributed by atoms with Crippen molar-refractivity contribution in [3.63, 3.8) is 0 Å². The lowest BCUT2D eigenvalue weighted by molar-refractivity contribution is 1.47. The summed E-state index contributed by atoms with van der Waals surface area (Å²) >= 11 is 0. The highest BCUT2D eigenvalue weighted by Crippen LogP contribution is 2.41. The maximum Gasteiger partial charge on any atom is -0.00206 e. The molecule has 0 bridgehead atoms. The summed E-state index contributed by atoms with van der Waals surface area (Å²) in [6, 6.07) is 37.8. The van der Waals surface area contributed by atoms with Gasteiger partial charge < -0.3 is 0 Å². The standard InChI is InChI=1S/C29H20/c1-19-6-4-9-23(18-19)24-10-2-3-11-25(24)26-16-14-22-13-12-20-7-5-8-21-15-17-27(26)29(22)28(20)21/h2-18H,1H3. The van der Waals surface area contributed by atoms with Gasteiger partial charge in [-0.25, -0.2) is 0 Å². The largest absolute Gasteiger partial charge is 0.0616 e. The summed E-state index contributed by atoms with van der Waals surface area (Å²) in [6.45, 7) is 2.16. The molecule has 0 heteroatoms. The third kappa shape index (κ3) is 2.46. The molecule has 0 unspecified atom stereocenters. The van der Waals surface area contributed by atoms with E-state index in [0.29, 0.717) is 0 Å². The maximum absolute atomic E-state index is 2.30. The van der Waals surface area contributed by atoms with Gasteiger partial charge in [0.2, 0.25) is 0 Å². The molecule has 6 aromatic rings. The molecule has 0 saturated carbocycles. The van der Waals surface area contributed by atoms with Crippen LogP contribution in [-0.4, -0.2) is 0 Å². The van der Waals surface area contributed by atoms with Gasteiger partial charge in [-0.2, -0.15) is 0 Å². The van der Waals surface area contributed by atoms with Crippen molar-refractivity contribution < 1.29 is 0 Å². The zero-order valence-electron chi connectivity index (χ0n) is 16.3. The molecule has 0 aliphatic carbocycles. The Balaban J connectivity index is 1.72. The van der Waals surface area contributed by atoms with E-state index in [4.69, 9.17) is 0 Å². The van der Waals surface area contributed by atoms with E-state index in [2.05, 4.69) is 110 Å². The molecule has 0 aliphatic rings. The lowest BCUT2D eigenvalue weighted by atomic mass is 9.87. The predicted octanol–water partition coefficient (Wildman–Crippen LogP) is 8.23. The topological polar surface area (TPSA) is 0 Å². The molecule has 0 amide bonds. The second-order valence-corrected chi connectivity index (χ2v) is 7.88. The lowest BCUT2D eigenvalue weighted by Gasteiger charge is -2.16. The lowest BCUT2D eigenvalue weighted by Crippen LogP contribution is -1.89. The Kier molecular flexibility index (Phi) is 3.48. The third-order valence-corrected chi connectivity index (χ3v) is 6.07. The molecule has 29 heavy (non-hydrogen) atoms. The van der Waals surface area contributed by atoms with Crippen molar-refractivity contribution in [3.8, 4) is 22.3 Å². The molecule has 0 aliphatic heterocycles. The zero-order valence-corrected chi connectivity index (χ0v) is 16.3. The van der Waals surface area contributed by atoms with E-state index >= 15 is 0 Å². The van der Waals surface area contributed by atoms with E-state index < -0.39 is 0 Å². The van der Waals surface area contributed by atoms with E-state index in [1.54, 1.807) is 0 Å². The summed E-state index contributed by atoms with van der Waals surface area (Å²) in [4.78, 5) is 0. The molecule has 0 heterocycles. The Morgan fingerprint density at radius 3 is 1.90 bits per heavy atom. The Morgan fingerprint density at radius 1 is 0.448 bits per heavy atom. The van der Waals surface area contributed by atoms with Crippen molar-refractivity contribution in [1.82, 2.24) is 0 Å². The van der Waals surface area contributed by atoms with Crippen molar-refractivity contribution in [3.05, 3.63) is 109 Å². The van der Waals surface area contributed by atoms with E-state index in [9.17, 15) is 0 Å². The van der Waals surface area contributed by atoms with Crippen LogP contribution in [0.1, 0.15) is 5.56 Å². The van der Waals surface area contributed by atoms with Crippen LogP contribution >= 0.6 is 0 Å². The quantitative estimate of drug-likeness (QED) is 0.270. The van der Waals surface area contributed by atoms with Crippen LogP contribution in [0, 0.1) is 6.92 Å². The van der Waals surface area contributed by atoms with Crippen LogP contribution in [0.5, 0.6) is 0 Å². The Labute approximate surface area is 170 Å². The van der Waals surface area contributed by atoms with Crippen LogP contribution in [-0.2, 0) is 0 Å². The summed E-state index contributed by atoms with van der Waals surface area (Å²) in [6.07, 6.45) is 0. The molecule has 0 saturated heterocycles. The number of hydrogen-bond acceptors (Lipinski definition) is 0. The number of rotatable bonds is 2. The molecular formula is C29H20. The first-order chi connectivity index (χ1) is 14.3. The molecule has 0 radical (unpaired) electrons. The highest BCUT2D eigenvalue weighted by atomic mass is 14.2. The maximum atomic E-state index is 2.30. The van der Waals surface area contributed by atoms with Gasteiger partial charge in [0.1, 0.15) is 0 Å². The Hall–Kier alpha value is -3.64. The number of benzene rings is 6. The van der Waals surface area contributed by atoms with Crippen LogP contribution in [0.15, 0.2) is 103 Å². The molecule has 0 N–H and O–H groups in total. The van der Waals surface area contributed by atoms with Crippen LogP contribution in [0.4, 0.5) is 0 Å². The van der Waals surface area contributed by atoms with Crippen molar-refractivity contribution in [2.24, 2.45) is 0 Å². The highest BCUT2D eigenvalue weighted by Gasteiger charge is 2.14. The average molecular weight is 368 g/mol. The highest BCUT2D eigenvalue weighted by molar-refractivity contribution is 6.25. The van der Waals surface area contributed by atoms with Gasteiger partial charge >= 0.3 is 0 Å². The van der Waals surface area contributed by atoms with Gasteiger partial charge in [0.15, 0.2) is 0 Å². The molecule has 6 aromatic carbocycles. The first kappa shape index (κ1) is 16.3. The van der Waals surface area contributed by atoms with E-state index in [1.165, 1.54) is 60.1 Å². The minimum atomic E-state index is 1.27. The first-order valence-corrected chi connectivity index (χ1v) is 10.1. The van der Waals surface area contributed by atoms with E-state index in [-0.39, 0.29) is 0 Å². The van der Waals surface area contributed by atoms with E-state index in [1.807, 2.05) is 0 Å². The summed E-state index contributed by atoms with van der Waals surface area (Å²) in [5.41, 5.74) is 6.43. The van der Waals surface area contributed by atoms with Crippen molar-refractivity contribution in [2.75, 3.05) is 0 Å². The third-order valence-electron chi connectivity index (χ3n) is 6.07. The van der Waals surface area contributed by atoms with Crippen molar-refractivity contribution >= 4 is 32.3 Å². The summed E-state index contributed by atoms with van der Waals surface area (Å²) < 4.78 is 0. The fourth-order valence-electron chi connectivity index (χ4n) is 4.75. The minimum absolute atomic E-state index is 1.27. The minimum Gasteiger partial charge on any atom is -0.0616 e. The van der Waals surface area contributed by atoms with Gasteiger partial charge in [0, 0.05) is 0 Å². The van der Waals surface area contributed by atoms with E-state index in [0.717, 1.165) is 0 Å². The normalized spacial score (nSPS) is 11.6. The molecule has 136 valence electrons. The van der Waals surface area contributed by atoms with Gasteiger partial charge in [-0.15, -0.1) is 0 Å². The van der Waals surface area contributed by atoms with Crippen LogP contribution in [0.2, 0.25) is 0 Å². The Morgan fingerprint density at radius 2 is 1.10 bits per heavy atom. The first-order valence-electron chi connectivity index (χ1n) is 10.1. The van der Waals surface area contributed by atoms with Gasteiger partial charge in [0.05, 0.1) is 0 Å². The monoisotopic (exact) mass is 368 g/mol. The van der Waals surface area contributed by atoms with Crippen LogP contribution < -0.4 is 0 Å². The molecule has 0 fully saturated rings. The fourth-order valence-corrected chi connectivity index (χ4v) is 4.75. The second kappa shape index (κ2) is 6.18. The SMILES string of the molecule is Cc1cccc(-c2ccccc2-c2ccc3ccc4cccc5ccc2c3c45)c1. The molecular weight excluding hydrogens is 348 g/mol. The van der Waals surface area contributed by atoms with Gasteiger partial charge in [-0.3, -0.25) is 0 Å². The van der Waals surface area contributed by atoms with Gasteiger partial charge in [0.25, 0.3) is 0 Å². The smallest absolute Gasteiger partial charge is 0.00206 e. The molecule has 0 spiro atoms. The predicted molar refractivity (Wildman–Crippen MR) is 126 cm³/mol. The van der Waals surface area contributed by atoms with Gasteiger partial charge in [-0.1, -0.05) is 109 Å².